The van der Waals surface area contributed by atoms with Gasteiger partial charge in [-0.25, -0.2) is 0 Å². The van der Waals surface area contributed by atoms with E-state index >= 15 is 0 Å². The fourth-order valence-electron chi connectivity index (χ4n) is 1.73. The maximum Gasteiger partial charge on any atom is 0.313 e. The molecule has 0 saturated heterocycles. The predicted octanol–water partition coefficient (Wildman–Crippen LogP) is 0.254. The Bertz CT molecular complexity index is 325. The minimum atomic E-state index is -1.89. The molecule has 0 spiro atoms. The van der Waals surface area contributed by atoms with Crippen LogP contribution >= 0.6 is 0 Å². The van der Waals surface area contributed by atoms with Crippen molar-refractivity contribution in [2.45, 2.75) is 44.8 Å². The van der Waals surface area contributed by atoms with E-state index in [9.17, 15) is 19.5 Å². The lowest BCUT2D eigenvalue weighted by Crippen LogP contribution is -2.54. The quantitative estimate of drug-likeness (QED) is 0.497. The normalized spacial score (nSPS) is 15.6. The van der Waals surface area contributed by atoms with Gasteiger partial charge in [-0.05, 0) is 6.42 Å². The third-order valence-corrected chi connectivity index (χ3v) is 2.85. The fraction of sp³-hybridized carbons (Fsp3) is 0.750. The Labute approximate surface area is 106 Å². The number of methoxy groups -OCH3 is 2. The van der Waals surface area contributed by atoms with Crippen molar-refractivity contribution in [1.29, 1.82) is 0 Å². The van der Waals surface area contributed by atoms with Gasteiger partial charge in [0.2, 0.25) is 0 Å². The van der Waals surface area contributed by atoms with Gasteiger partial charge >= 0.3 is 5.97 Å². The zero-order valence-electron chi connectivity index (χ0n) is 11.2. The first-order chi connectivity index (χ1) is 8.37. The first-order valence-electron chi connectivity index (χ1n) is 5.75. The van der Waals surface area contributed by atoms with Crippen molar-refractivity contribution >= 4 is 17.5 Å². The van der Waals surface area contributed by atoms with Crippen molar-refractivity contribution in [1.82, 2.24) is 0 Å². The molecule has 0 aliphatic heterocycles. The number of ether oxygens (including phenoxy) is 2. The third kappa shape index (κ3) is 3.61. The van der Waals surface area contributed by atoms with Crippen LogP contribution in [-0.2, 0) is 23.9 Å². The maximum atomic E-state index is 11.8. The average molecular weight is 260 g/mol. The number of rotatable bonds is 8. The predicted molar refractivity (Wildman–Crippen MR) is 63.0 cm³/mol. The van der Waals surface area contributed by atoms with E-state index in [2.05, 4.69) is 4.74 Å². The second-order valence-electron chi connectivity index (χ2n) is 3.89. The molecule has 0 saturated carbocycles. The molecule has 0 heterocycles. The van der Waals surface area contributed by atoms with Gasteiger partial charge in [0.05, 0.1) is 7.11 Å². The molecule has 2 atom stereocenters. The minimum Gasteiger partial charge on any atom is -0.469 e. The number of esters is 1. The van der Waals surface area contributed by atoms with E-state index in [0.717, 1.165) is 7.11 Å². The summed E-state index contributed by atoms with van der Waals surface area (Å²) in [4.78, 5) is 34.6. The molecule has 0 fully saturated rings. The number of aliphatic hydroxyl groups is 1. The standard InChI is InChI=1S/C12H20O6/c1-5-9(14)12(16,6-2)11(18-4)8(13)7-10(15)17-3/h11,16H,5-7H2,1-4H3. The van der Waals surface area contributed by atoms with Crippen LogP contribution in [0, 0.1) is 0 Å². The molecule has 0 aromatic carbocycles. The van der Waals surface area contributed by atoms with Gasteiger partial charge in [0.1, 0.15) is 6.42 Å². The van der Waals surface area contributed by atoms with Gasteiger partial charge in [-0.2, -0.15) is 0 Å². The first kappa shape index (κ1) is 16.7. The van der Waals surface area contributed by atoms with Crippen LogP contribution in [0.4, 0.5) is 0 Å². The monoisotopic (exact) mass is 260 g/mol. The second-order valence-corrected chi connectivity index (χ2v) is 3.89. The lowest BCUT2D eigenvalue weighted by atomic mass is 9.84. The Morgan fingerprint density at radius 2 is 1.78 bits per heavy atom. The van der Waals surface area contributed by atoms with E-state index in [1.165, 1.54) is 7.11 Å². The summed E-state index contributed by atoms with van der Waals surface area (Å²) < 4.78 is 9.28. The summed E-state index contributed by atoms with van der Waals surface area (Å²) in [6.45, 7) is 3.16. The second kappa shape index (κ2) is 7.23. The third-order valence-electron chi connectivity index (χ3n) is 2.85. The van der Waals surface area contributed by atoms with Gasteiger partial charge in [0.25, 0.3) is 0 Å². The van der Waals surface area contributed by atoms with Crippen LogP contribution in [0.15, 0.2) is 0 Å². The van der Waals surface area contributed by atoms with Crippen LogP contribution in [0.1, 0.15) is 33.1 Å². The molecule has 6 heteroatoms. The number of ketones is 2. The highest BCUT2D eigenvalue weighted by atomic mass is 16.5. The van der Waals surface area contributed by atoms with Crippen molar-refractivity contribution in [2.24, 2.45) is 0 Å². The van der Waals surface area contributed by atoms with E-state index in [1.807, 2.05) is 0 Å². The number of carbonyl (C=O) groups is 3. The Balaban J connectivity index is 5.09. The van der Waals surface area contributed by atoms with E-state index in [-0.39, 0.29) is 12.8 Å². The molecule has 0 bridgehead atoms. The van der Waals surface area contributed by atoms with Gasteiger partial charge in [0.15, 0.2) is 23.3 Å². The minimum absolute atomic E-state index is 0.0328. The average Bonchev–Trinajstić information content (AvgIpc) is 2.37. The zero-order chi connectivity index (χ0) is 14.3. The van der Waals surface area contributed by atoms with Crippen molar-refractivity contribution in [3.05, 3.63) is 0 Å². The molecule has 6 nitrogen and oxygen atoms in total. The first-order valence-corrected chi connectivity index (χ1v) is 5.75. The number of Topliss-reactive ketones (excluding diaryl/α,β-unsaturated/α-hetero) is 2. The van der Waals surface area contributed by atoms with E-state index < -0.39 is 35.7 Å². The number of hydrogen-bond acceptors (Lipinski definition) is 6. The fourth-order valence-corrected chi connectivity index (χ4v) is 1.73. The molecule has 0 aromatic rings. The van der Waals surface area contributed by atoms with Crippen LogP contribution in [-0.4, -0.2) is 48.6 Å². The van der Waals surface area contributed by atoms with Crippen molar-refractivity contribution in [2.75, 3.05) is 14.2 Å². The van der Waals surface area contributed by atoms with Crippen molar-refractivity contribution in [3.63, 3.8) is 0 Å². The maximum absolute atomic E-state index is 11.8. The molecule has 0 aliphatic rings. The Hall–Kier alpha value is -1.27. The molecule has 0 aromatic heterocycles. The van der Waals surface area contributed by atoms with Gasteiger partial charge in [-0.1, -0.05) is 13.8 Å². The molecular weight excluding hydrogens is 240 g/mol. The summed E-state index contributed by atoms with van der Waals surface area (Å²) in [5, 5.41) is 10.3. The molecule has 0 rings (SSSR count). The van der Waals surface area contributed by atoms with Crippen LogP contribution in [0.3, 0.4) is 0 Å². The summed E-state index contributed by atoms with van der Waals surface area (Å²) in [5.74, 6) is -1.89. The smallest absolute Gasteiger partial charge is 0.313 e. The molecular formula is C12H20O6. The molecule has 104 valence electrons. The van der Waals surface area contributed by atoms with Crippen LogP contribution in [0.2, 0.25) is 0 Å². The van der Waals surface area contributed by atoms with Crippen LogP contribution < -0.4 is 0 Å². The highest BCUT2D eigenvalue weighted by molar-refractivity contribution is 6.02. The number of carbonyl (C=O) groups excluding carboxylic acids is 3. The van der Waals surface area contributed by atoms with E-state index in [0.29, 0.717) is 0 Å². The summed E-state index contributed by atoms with van der Waals surface area (Å²) in [5.41, 5.74) is -1.89. The summed E-state index contributed by atoms with van der Waals surface area (Å²) in [7, 11) is 2.37. The van der Waals surface area contributed by atoms with Gasteiger partial charge in [-0.3, -0.25) is 14.4 Å². The zero-order valence-corrected chi connectivity index (χ0v) is 11.2. The Morgan fingerprint density at radius 1 is 1.22 bits per heavy atom. The van der Waals surface area contributed by atoms with Crippen LogP contribution in [0.5, 0.6) is 0 Å². The molecule has 1 N–H and O–H groups in total. The van der Waals surface area contributed by atoms with E-state index in [1.54, 1.807) is 13.8 Å². The number of hydrogen-bond donors (Lipinski definition) is 1. The lowest BCUT2D eigenvalue weighted by Gasteiger charge is -2.31. The largest absolute Gasteiger partial charge is 0.469 e. The highest BCUT2D eigenvalue weighted by Crippen LogP contribution is 2.22. The summed E-state index contributed by atoms with van der Waals surface area (Å²) >= 11 is 0. The Kier molecular flexibility index (Phi) is 6.72. The van der Waals surface area contributed by atoms with Gasteiger partial charge in [0, 0.05) is 13.5 Å². The molecule has 0 radical (unpaired) electrons. The molecule has 0 amide bonds. The topological polar surface area (TPSA) is 89.9 Å². The molecule has 2 unspecified atom stereocenters. The van der Waals surface area contributed by atoms with E-state index in [4.69, 9.17) is 4.74 Å². The van der Waals surface area contributed by atoms with Gasteiger partial charge in [-0.15, -0.1) is 0 Å². The highest BCUT2D eigenvalue weighted by Gasteiger charge is 2.45. The molecule has 0 aliphatic carbocycles. The van der Waals surface area contributed by atoms with Gasteiger partial charge < -0.3 is 14.6 Å². The van der Waals surface area contributed by atoms with Crippen molar-refractivity contribution < 1.29 is 29.0 Å². The lowest BCUT2D eigenvalue weighted by molar-refractivity contribution is -0.165. The van der Waals surface area contributed by atoms with Crippen molar-refractivity contribution in [3.8, 4) is 0 Å². The summed E-state index contributed by atoms with van der Waals surface area (Å²) in [6.07, 6.45) is -1.77. The van der Waals surface area contributed by atoms with Crippen LogP contribution in [0.25, 0.3) is 0 Å². The summed E-state index contributed by atoms with van der Waals surface area (Å²) in [6, 6.07) is 0. The molecule has 18 heavy (non-hydrogen) atoms. The SMILES string of the molecule is CCC(=O)C(O)(CC)C(OC)C(=O)CC(=O)OC. The Morgan fingerprint density at radius 3 is 2.11 bits per heavy atom.